The fraction of sp³-hybridized carbons (Fsp3) is 0.312. The zero-order valence-corrected chi connectivity index (χ0v) is 13.1. The van der Waals surface area contributed by atoms with E-state index in [9.17, 15) is 13.2 Å². The van der Waals surface area contributed by atoms with E-state index >= 15 is 0 Å². The van der Waals surface area contributed by atoms with E-state index in [4.69, 9.17) is 5.26 Å². The Morgan fingerprint density at radius 3 is 2.57 bits per heavy atom. The Hall–Kier alpha value is -1.91. The van der Waals surface area contributed by atoms with E-state index in [0.717, 1.165) is 30.9 Å². The van der Waals surface area contributed by atoms with Crippen molar-refractivity contribution < 1.29 is 13.2 Å². The molecular formula is C16H14F3N3S. The normalized spacial score (nSPS) is 14.7. The van der Waals surface area contributed by atoms with Crippen LogP contribution in [0, 0.1) is 11.3 Å². The molecule has 1 N–H and O–H groups in total. The second-order valence-corrected chi connectivity index (χ2v) is 6.36. The molecule has 0 spiro atoms. The van der Waals surface area contributed by atoms with Crippen molar-refractivity contribution in [2.24, 2.45) is 7.05 Å². The van der Waals surface area contributed by atoms with Gasteiger partial charge in [-0.05, 0) is 54.6 Å². The Morgan fingerprint density at radius 2 is 2.00 bits per heavy atom. The molecule has 0 saturated heterocycles. The lowest BCUT2D eigenvalue weighted by Crippen LogP contribution is -2.11. The SMILES string of the molecule is Cn1c(C#N)ccc1-c1ccc(SNC2CC2)c(C(F)(F)F)c1. The number of rotatable bonds is 4. The van der Waals surface area contributed by atoms with Gasteiger partial charge in [0.1, 0.15) is 11.8 Å². The van der Waals surface area contributed by atoms with Crippen molar-refractivity contribution in [3.05, 3.63) is 41.6 Å². The van der Waals surface area contributed by atoms with Crippen molar-refractivity contribution >= 4 is 11.9 Å². The largest absolute Gasteiger partial charge is 0.417 e. The van der Waals surface area contributed by atoms with Gasteiger partial charge in [0.05, 0.1) is 5.56 Å². The van der Waals surface area contributed by atoms with Gasteiger partial charge >= 0.3 is 6.18 Å². The maximum absolute atomic E-state index is 13.4. The number of alkyl halides is 3. The molecule has 3 nitrogen and oxygen atoms in total. The maximum Gasteiger partial charge on any atom is 0.417 e. The molecule has 1 aromatic carbocycles. The van der Waals surface area contributed by atoms with Crippen LogP contribution in [0.2, 0.25) is 0 Å². The van der Waals surface area contributed by atoms with Gasteiger partial charge in [0, 0.05) is 23.7 Å². The fourth-order valence-electron chi connectivity index (χ4n) is 2.26. The predicted molar refractivity (Wildman–Crippen MR) is 82.6 cm³/mol. The molecular weight excluding hydrogens is 323 g/mol. The number of hydrogen-bond acceptors (Lipinski definition) is 3. The first-order valence-corrected chi connectivity index (χ1v) is 7.91. The fourth-order valence-corrected chi connectivity index (χ4v) is 3.21. The maximum atomic E-state index is 13.4. The van der Waals surface area contributed by atoms with Gasteiger partial charge in [-0.2, -0.15) is 18.4 Å². The summed E-state index contributed by atoms with van der Waals surface area (Å²) in [5.41, 5.74) is 0.770. The molecule has 1 aliphatic carbocycles. The molecule has 1 aliphatic rings. The molecule has 2 aromatic rings. The van der Waals surface area contributed by atoms with Crippen LogP contribution in [0.1, 0.15) is 24.1 Å². The smallest absolute Gasteiger partial charge is 0.335 e. The molecule has 0 bridgehead atoms. The summed E-state index contributed by atoms with van der Waals surface area (Å²) in [4.78, 5) is 0.169. The lowest BCUT2D eigenvalue weighted by molar-refractivity contribution is -0.139. The Kier molecular flexibility index (Phi) is 4.13. The number of nitrogens with zero attached hydrogens (tertiary/aromatic N) is 2. The van der Waals surface area contributed by atoms with Crippen molar-refractivity contribution in [2.75, 3.05) is 0 Å². The Bertz CT molecular complexity index is 770. The number of nitrogens with one attached hydrogen (secondary N) is 1. The molecule has 23 heavy (non-hydrogen) atoms. The first-order valence-electron chi connectivity index (χ1n) is 7.10. The van der Waals surface area contributed by atoms with Gasteiger partial charge in [0.2, 0.25) is 0 Å². The van der Waals surface area contributed by atoms with E-state index in [1.54, 1.807) is 29.8 Å². The molecule has 1 aromatic heterocycles. The van der Waals surface area contributed by atoms with Gasteiger partial charge < -0.3 is 4.57 Å². The number of hydrogen-bond donors (Lipinski definition) is 1. The lowest BCUT2D eigenvalue weighted by atomic mass is 10.1. The number of nitriles is 1. The van der Waals surface area contributed by atoms with E-state index in [1.165, 1.54) is 6.07 Å². The van der Waals surface area contributed by atoms with Crippen molar-refractivity contribution in [3.63, 3.8) is 0 Å². The summed E-state index contributed by atoms with van der Waals surface area (Å²) in [5.74, 6) is 0. The van der Waals surface area contributed by atoms with Crippen LogP contribution in [0.15, 0.2) is 35.2 Å². The second kappa shape index (κ2) is 5.95. The van der Waals surface area contributed by atoms with Crippen LogP contribution in [-0.4, -0.2) is 10.6 Å². The first kappa shape index (κ1) is 16.0. The zero-order chi connectivity index (χ0) is 16.6. The second-order valence-electron chi connectivity index (χ2n) is 5.48. The molecule has 120 valence electrons. The highest BCUT2D eigenvalue weighted by Crippen LogP contribution is 2.39. The van der Waals surface area contributed by atoms with Crippen molar-refractivity contribution in [1.29, 1.82) is 5.26 Å². The summed E-state index contributed by atoms with van der Waals surface area (Å²) < 4.78 is 44.7. The minimum atomic E-state index is -4.42. The predicted octanol–water partition coefficient (Wildman–Crippen LogP) is 4.34. The third-order valence-corrected chi connectivity index (χ3v) is 4.76. The topological polar surface area (TPSA) is 40.8 Å². The van der Waals surface area contributed by atoms with Crippen LogP contribution in [0.3, 0.4) is 0 Å². The molecule has 0 radical (unpaired) electrons. The van der Waals surface area contributed by atoms with E-state index in [1.807, 2.05) is 6.07 Å². The number of benzene rings is 1. The number of aromatic nitrogens is 1. The summed E-state index contributed by atoms with van der Waals surface area (Å²) in [7, 11) is 1.67. The molecule has 3 rings (SSSR count). The Labute approximate surface area is 136 Å². The molecule has 0 atom stereocenters. The standard InChI is InChI=1S/C16H14F3N3S/c1-22-12(9-20)5-6-14(22)10-2-7-15(23-21-11-3-4-11)13(8-10)16(17,18)19/h2,5-8,11,21H,3-4H2,1H3. The Balaban J connectivity index is 1.98. The third-order valence-electron chi connectivity index (χ3n) is 3.73. The summed E-state index contributed by atoms with van der Waals surface area (Å²) in [6.45, 7) is 0. The van der Waals surface area contributed by atoms with Crippen molar-refractivity contribution in [1.82, 2.24) is 9.29 Å². The highest BCUT2D eigenvalue weighted by molar-refractivity contribution is 7.97. The van der Waals surface area contributed by atoms with Gasteiger partial charge in [-0.25, -0.2) is 0 Å². The molecule has 1 saturated carbocycles. The Morgan fingerprint density at radius 1 is 1.26 bits per heavy atom. The van der Waals surface area contributed by atoms with Gasteiger partial charge in [-0.3, -0.25) is 4.72 Å². The molecule has 0 amide bonds. The van der Waals surface area contributed by atoms with Crippen LogP contribution in [0.5, 0.6) is 0 Å². The summed E-state index contributed by atoms with van der Waals surface area (Å²) in [6, 6.07) is 9.86. The van der Waals surface area contributed by atoms with Crippen molar-refractivity contribution in [3.8, 4) is 17.3 Å². The minimum absolute atomic E-state index is 0.169. The van der Waals surface area contributed by atoms with E-state index in [0.29, 0.717) is 23.0 Å². The van der Waals surface area contributed by atoms with Crippen LogP contribution in [0.25, 0.3) is 11.3 Å². The highest BCUT2D eigenvalue weighted by atomic mass is 32.2. The van der Waals surface area contributed by atoms with E-state index in [2.05, 4.69) is 4.72 Å². The summed E-state index contributed by atoms with van der Waals surface area (Å²) >= 11 is 1.03. The molecule has 0 unspecified atom stereocenters. The summed E-state index contributed by atoms with van der Waals surface area (Å²) in [6.07, 6.45) is -2.41. The van der Waals surface area contributed by atoms with Gasteiger partial charge in [-0.15, -0.1) is 0 Å². The van der Waals surface area contributed by atoms with Crippen molar-refractivity contribution in [2.45, 2.75) is 30.0 Å². The van der Waals surface area contributed by atoms with E-state index < -0.39 is 11.7 Å². The molecule has 0 aliphatic heterocycles. The van der Waals surface area contributed by atoms with Crippen LogP contribution >= 0.6 is 11.9 Å². The monoisotopic (exact) mass is 337 g/mol. The highest BCUT2D eigenvalue weighted by Gasteiger charge is 2.34. The third kappa shape index (κ3) is 3.38. The van der Waals surface area contributed by atoms with Gasteiger partial charge in [0.25, 0.3) is 0 Å². The summed E-state index contributed by atoms with van der Waals surface area (Å²) in [5, 5.41) is 8.97. The molecule has 1 fully saturated rings. The van der Waals surface area contributed by atoms with Gasteiger partial charge in [0.15, 0.2) is 0 Å². The lowest BCUT2D eigenvalue weighted by Gasteiger charge is -2.15. The molecule has 7 heteroatoms. The van der Waals surface area contributed by atoms with Crippen LogP contribution in [0.4, 0.5) is 13.2 Å². The average Bonchev–Trinajstić information content (AvgIpc) is 3.26. The van der Waals surface area contributed by atoms with Crippen LogP contribution in [-0.2, 0) is 13.2 Å². The van der Waals surface area contributed by atoms with Crippen LogP contribution < -0.4 is 4.72 Å². The minimum Gasteiger partial charge on any atom is -0.335 e. The first-order chi connectivity index (χ1) is 10.9. The average molecular weight is 337 g/mol. The van der Waals surface area contributed by atoms with Gasteiger partial charge in [-0.1, -0.05) is 6.07 Å². The zero-order valence-electron chi connectivity index (χ0n) is 12.3. The molecule has 1 heterocycles. The quantitative estimate of drug-likeness (QED) is 0.844. The number of halogens is 3. The van der Waals surface area contributed by atoms with E-state index in [-0.39, 0.29) is 4.90 Å².